The van der Waals surface area contributed by atoms with Gasteiger partial charge in [0, 0.05) is 24.5 Å². The first-order valence-corrected chi connectivity index (χ1v) is 6.19. The van der Waals surface area contributed by atoms with Crippen LogP contribution in [0.5, 0.6) is 5.88 Å². The second-order valence-corrected chi connectivity index (χ2v) is 3.71. The average molecular weight is 274 g/mol. The number of hydrogen-bond acceptors (Lipinski definition) is 4. The largest absolute Gasteiger partial charge is 0.478 e. The Balaban J connectivity index is 2.77. The van der Waals surface area contributed by atoms with E-state index in [1.54, 1.807) is 0 Å². The summed E-state index contributed by atoms with van der Waals surface area (Å²) in [6, 6.07) is 1.87. The van der Waals surface area contributed by atoms with E-state index in [-0.39, 0.29) is 0 Å². The lowest BCUT2D eigenvalue weighted by molar-refractivity contribution is 0.326. The SMILES string of the molecule is CCOc1cc(N(CC)CCBr)ncn1. The molecule has 4 nitrogen and oxygen atoms in total. The summed E-state index contributed by atoms with van der Waals surface area (Å²) in [5.74, 6) is 1.55. The van der Waals surface area contributed by atoms with Crippen molar-refractivity contribution in [3.63, 3.8) is 0 Å². The van der Waals surface area contributed by atoms with E-state index >= 15 is 0 Å². The highest BCUT2D eigenvalue weighted by atomic mass is 79.9. The molecule has 15 heavy (non-hydrogen) atoms. The Morgan fingerprint density at radius 3 is 2.80 bits per heavy atom. The van der Waals surface area contributed by atoms with Gasteiger partial charge >= 0.3 is 0 Å². The Hall–Kier alpha value is -0.840. The third-order valence-electron chi connectivity index (χ3n) is 1.98. The maximum absolute atomic E-state index is 5.33. The van der Waals surface area contributed by atoms with Crippen molar-refractivity contribution in [3.05, 3.63) is 12.4 Å². The molecule has 0 radical (unpaired) electrons. The lowest BCUT2D eigenvalue weighted by atomic mass is 10.4. The van der Waals surface area contributed by atoms with Gasteiger partial charge in [0.15, 0.2) is 0 Å². The van der Waals surface area contributed by atoms with Gasteiger partial charge in [0.2, 0.25) is 5.88 Å². The average Bonchev–Trinajstić information content (AvgIpc) is 2.27. The molecule has 0 saturated carbocycles. The van der Waals surface area contributed by atoms with Gasteiger partial charge in [-0.05, 0) is 13.8 Å². The zero-order chi connectivity index (χ0) is 11.1. The molecule has 1 heterocycles. The zero-order valence-electron chi connectivity index (χ0n) is 9.11. The summed E-state index contributed by atoms with van der Waals surface area (Å²) >= 11 is 3.42. The van der Waals surface area contributed by atoms with E-state index in [1.165, 1.54) is 6.33 Å². The number of anilines is 1. The molecule has 5 heteroatoms. The molecule has 0 aromatic carbocycles. The van der Waals surface area contributed by atoms with E-state index in [0.29, 0.717) is 12.5 Å². The van der Waals surface area contributed by atoms with Crippen LogP contribution in [0.1, 0.15) is 13.8 Å². The van der Waals surface area contributed by atoms with E-state index in [1.807, 2.05) is 13.0 Å². The highest BCUT2D eigenvalue weighted by Gasteiger charge is 2.06. The monoisotopic (exact) mass is 273 g/mol. The molecule has 0 aliphatic carbocycles. The predicted molar refractivity (Wildman–Crippen MR) is 64.9 cm³/mol. The second kappa shape index (κ2) is 6.61. The van der Waals surface area contributed by atoms with Gasteiger partial charge < -0.3 is 9.64 Å². The predicted octanol–water partition coefficient (Wildman–Crippen LogP) is 2.10. The van der Waals surface area contributed by atoms with E-state index < -0.39 is 0 Å². The minimum absolute atomic E-state index is 0.626. The van der Waals surface area contributed by atoms with Gasteiger partial charge in [-0.2, -0.15) is 0 Å². The summed E-state index contributed by atoms with van der Waals surface area (Å²) in [6.07, 6.45) is 1.54. The third kappa shape index (κ3) is 3.66. The van der Waals surface area contributed by atoms with Crippen LogP contribution in [-0.4, -0.2) is 35.0 Å². The standard InChI is InChI=1S/C10H16BrN3O/c1-3-14(6-5-11)9-7-10(15-4-2)13-8-12-9/h7-8H,3-6H2,1-2H3. The summed E-state index contributed by atoms with van der Waals surface area (Å²) in [7, 11) is 0. The Kier molecular flexibility index (Phi) is 5.39. The second-order valence-electron chi connectivity index (χ2n) is 2.92. The van der Waals surface area contributed by atoms with Crippen molar-refractivity contribution in [2.24, 2.45) is 0 Å². The lowest BCUT2D eigenvalue weighted by Crippen LogP contribution is -2.25. The first-order chi connectivity index (χ1) is 7.31. The summed E-state index contributed by atoms with van der Waals surface area (Å²) in [5.41, 5.74) is 0. The number of hydrogen-bond donors (Lipinski definition) is 0. The van der Waals surface area contributed by atoms with Gasteiger partial charge in [-0.15, -0.1) is 0 Å². The van der Waals surface area contributed by atoms with Gasteiger partial charge in [-0.1, -0.05) is 15.9 Å². The molecular weight excluding hydrogens is 258 g/mol. The molecule has 0 aliphatic rings. The highest BCUT2D eigenvalue weighted by Crippen LogP contribution is 2.15. The van der Waals surface area contributed by atoms with Gasteiger partial charge in [-0.3, -0.25) is 0 Å². The van der Waals surface area contributed by atoms with Crippen molar-refractivity contribution in [2.45, 2.75) is 13.8 Å². The molecular formula is C10H16BrN3O. The normalized spacial score (nSPS) is 10.1. The molecule has 1 aromatic heterocycles. The van der Waals surface area contributed by atoms with Crippen molar-refractivity contribution in [2.75, 3.05) is 29.9 Å². The Morgan fingerprint density at radius 1 is 1.40 bits per heavy atom. The van der Waals surface area contributed by atoms with Crippen LogP contribution in [-0.2, 0) is 0 Å². The molecule has 0 atom stereocenters. The van der Waals surface area contributed by atoms with Gasteiger partial charge in [0.1, 0.15) is 12.1 Å². The molecule has 0 aliphatic heterocycles. The summed E-state index contributed by atoms with van der Waals surface area (Å²) in [5, 5.41) is 0.925. The quantitative estimate of drug-likeness (QED) is 0.744. The fourth-order valence-corrected chi connectivity index (χ4v) is 1.69. The van der Waals surface area contributed by atoms with Gasteiger partial charge in [0.05, 0.1) is 6.61 Å². The van der Waals surface area contributed by atoms with Crippen molar-refractivity contribution in [1.82, 2.24) is 9.97 Å². The Labute approximate surface area is 98.8 Å². The number of rotatable bonds is 6. The van der Waals surface area contributed by atoms with Crippen molar-refractivity contribution < 1.29 is 4.74 Å². The molecule has 0 spiro atoms. The molecule has 0 bridgehead atoms. The first kappa shape index (κ1) is 12.2. The highest BCUT2D eigenvalue weighted by molar-refractivity contribution is 9.09. The minimum atomic E-state index is 0.626. The summed E-state index contributed by atoms with van der Waals surface area (Å²) in [4.78, 5) is 10.4. The number of aromatic nitrogens is 2. The molecule has 1 rings (SSSR count). The van der Waals surface area contributed by atoms with Crippen LogP contribution < -0.4 is 9.64 Å². The summed E-state index contributed by atoms with van der Waals surface area (Å²) in [6.45, 7) is 6.53. The molecule has 1 aromatic rings. The van der Waals surface area contributed by atoms with Crippen LogP contribution in [0.15, 0.2) is 12.4 Å². The van der Waals surface area contributed by atoms with Gasteiger partial charge in [-0.25, -0.2) is 9.97 Å². The molecule has 0 saturated heterocycles. The number of ether oxygens (including phenoxy) is 1. The van der Waals surface area contributed by atoms with Crippen LogP contribution in [0.3, 0.4) is 0 Å². The maximum Gasteiger partial charge on any atom is 0.218 e. The third-order valence-corrected chi connectivity index (χ3v) is 2.33. The molecule has 0 N–H and O–H groups in total. The molecule has 0 fully saturated rings. The summed E-state index contributed by atoms with van der Waals surface area (Å²) < 4.78 is 5.33. The fourth-order valence-electron chi connectivity index (χ4n) is 1.27. The number of alkyl halides is 1. The topological polar surface area (TPSA) is 38.2 Å². The van der Waals surface area contributed by atoms with Crippen LogP contribution >= 0.6 is 15.9 Å². The maximum atomic E-state index is 5.33. The van der Waals surface area contributed by atoms with Crippen molar-refractivity contribution >= 4 is 21.7 Å². The van der Waals surface area contributed by atoms with E-state index in [2.05, 4.69) is 37.7 Å². The van der Waals surface area contributed by atoms with Crippen molar-refractivity contribution in [1.29, 1.82) is 0 Å². The minimum Gasteiger partial charge on any atom is -0.478 e. The van der Waals surface area contributed by atoms with E-state index in [0.717, 1.165) is 24.2 Å². The zero-order valence-corrected chi connectivity index (χ0v) is 10.7. The lowest BCUT2D eigenvalue weighted by Gasteiger charge is -2.20. The molecule has 84 valence electrons. The number of nitrogens with zero attached hydrogens (tertiary/aromatic N) is 3. The Bertz CT molecular complexity index is 296. The fraction of sp³-hybridized carbons (Fsp3) is 0.600. The van der Waals surface area contributed by atoms with E-state index in [4.69, 9.17) is 4.74 Å². The molecule has 0 unspecified atom stereocenters. The van der Waals surface area contributed by atoms with Crippen molar-refractivity contribution in [3.8, 4) is 5.88 Å². The van der Waals surface area contributed by atoms with Gasteiger partial charge in [0.25, 0.3) is 0 Å². The molecule has 0 amide bonds. The van der Waals surface area contributed by atoms with Crippen LogP contribution in [0.2, 0.25) is 0 Å². The first-order valence-electron chi connectivity index (χ1n) is 5.07. The van der Waals surface area contributed by atoms with Crippen LogP contribution in [0, 0.1) is 0 Å². The number of halogens is 1. The van der Waals surface area contributed by atoms with Crippen LogP contribution in [0.4, 0.5) is 5.82 Å². The smallest absolute Gasteiger partial charge is 0.218 e. The van der Waals surface area contributed by atoms with Crippen LogP contribution in [0.25, 0.3) is 0 Å². The Morgan fingerprint density at radius 2 is 2.20 bits per heavy atom. The van der Waals surface area contributed by atoms with E-state index in [9.17, 15) is 0 Å².